The summed E-state index contributed by atoms with van der Waals surface area (Å²) in [5, 5.41) is 2.08. The van der Waals surface area contributed by atoms with Crippen LogP contribution in [0.3, 0.4) is 0 Å². The summed E-state index contributed by atoms with van der Waals surface area (Å²) in [5.41, 5.74) is 2.34. The Labute approximate surface area is 230 Å². The number of benzene rings is 2. The molecule has 7 heteroatoms. The number of rotatable bonds is 8. The van der Waals surface area contributed by atoms with Gasteiger partial charge in [-0.1, -0.05) is 32.0 Å². The van der Waals surface area contributed by atoms with Gasteiger partial charge in [-0.2, -0.15) is 0 Å². The first-order valence-corrected chi connectivity index (χ1v) is 14.0. The van der Waals surface area contributed by atoms with Crippen LogP contribution in [0.2, 0.25) is 0 Å². The van der Waals surface area contributed by atoms with Crippen molar-refractivity contribution < 1.29 is 19.1 Å². The van der Waals surface area contributed by atoms with Crippen LogP contribution in [-0.4, -0.2) is 54.0 Å². The molecule has 2 amide bonds. The number of thiophene rings is 1. The number of methoxy groups -OCH3 is 1. The van der Waals surface area contributed by atoms with E-state index in [0.29, 0.717) is 30.4 Å². The first-order valence-electron chi connectivity index (χ1n) is 13.1. The second kappa shape index (κ2) is 11.6. The van der Waals surface area contributed by atoms with Crippen molar-refractivity contribution in [2.24, 2.45) is 0 Å². The Kier molecular flexibility index (Phi) is 8.46. The maximum atomic E-state index is 13.8. The lowest BCUT2D eigenvalue weighted by Crippen LogP contribution is -2.53. The molecule has 2 heterocycles. The highest BCUT2D eigenvalue weighted by molar-refractivity contribution is 7.10. The molecular weight excluding hydrogens is 496 g/mol. The fourth-order valence-electron chi connectivity index (χ4n) is 4.75. The molecule has 1 aliphatic rings. The Morgan fingerprint density at radius 1 is 1.08 bits per heavy atom. The molecule has 0 fully saturated rings. The van der Waals surface area contributed by atoms with Crippen molar-refractivity contribution in [3.63, 3.8) is 0 Å². The number of hydrogen-bond donors (Lipinski definition) is 0. The molecule has 0 saturated carbocycles. The molecule has 202 valence electrons. The summed E-state index contributed by atoms with van der Waals surface area (Å²) < 4.78 is 11.5. The lowest BCUT2D eigenvalue weighted by Gasteiger charge is -2.40. The lowest BCUT2D eigenvalue weighted by atomic mass is 9.99. The third-order valence-electron chi connectivity index (χ3n) is 7.03. The van der Waals surface area contributed by atoms with Crippen LogP contribution in [0.15, 0.2) is 60.0 Å². The van der Waals surface area contributed by atoms with Crippen LogP contribution >= 0.6 is 11.3 Å². The van der Waals surface area contributed by atoms with Crippen molar-refractivity contribution in [1.82, 2.24) is 9.80 Å². The van der Waals surface area contributed by atoms with Gasteiger partial charge in [0, 0.05) is 22.5 Å². The highest BCUT2D eigenvalue weighted by atomic mass is 32.1. The zero-order valence-electron chi connectivity index (χ0n) is 23.2. The van der Waals surface area contributed by atoms with Crippen LogP contribution < -0.4 is 9.47 Å². The zero-order chi connectivity index (χ0) is 27.4. The number of ether oxygens (including phenoxy) is 2. The minimum Gasteiger partial charge on any atom is -0.497 e. The molecule has 2 aromatic carbocycles. The van der Waals surface area contributed by atoms with E-state index in [1.54, 1.807) is 47.6 Å². The molecule has 4 rings (SSSR count). The van der Waals surface area contributed by atoms with Gasteiger partial charge in [-0.25, -0.2) is 0 Å². The Morgan fingerprint density at radius 2 is 1.82 bits per heavy atom. The van der Waals surface area contributed by atoms with Gasteiger partial charge >= 0.3 is 0 Å². The van der Waals surface area contributed by atoms with Crippen molar-refractivity contribution in [2.45, 2.75) is 58.5 Å². The highest BCUT2D eigenvalue weighted by Gasteiger charge is 2.36. The Bertz CT molecular complexity index is 1260. The van der Waals surface area contributed by atoms with E-state index in [1.165, 1.54) is 10.4 Å². The third-order valence-corrected chi connectivity index (χ3v) is 8.03. The summed E-state index contributed by atoms with van der Waals surface area (Å²) in [7, 11) is 1.57. The molecule has 0 radical (unpaired) electrons. The van der Waals surface area contributed by atoms with Crippen LogP contribution in [-0.2, 0) is 11.2 Å². The van der Waals surface area contributed by atoms with E-state index in [1.807, 2.05) is 37.8 Å². The fourth-order valence-corrected chi connectivity index (χ4v) is 5.68. The monoisotopic (exact) mass is 534 g/mol. The number of carbonyl (C=O) groups excluding carboxylic acids is 2. The Balaban J connectivity index is 1.54. The van der Waals surface area contributed by atoms with Crippen molar-refractivity contribution in [1.29, 1.82) is 0 Å². The lowest BCUT2D eigenvalue weighted by molar-refractivity contribution is -0.136. The average Bonchev–Trinajstić information content (AvgIpc) is 3.38. The number of nitrogens with zero attached hydrogens (tertiary/aromatic N) is 2. The van der Waals surface area contributed by atoms with Gasteiger partial charge in [-0.15, -0.1) is 11.3 Å². The minimum absolute atomic E-state index is 0.0153. The summed E-state index contributed by atoms with van der Waals surface area (Å²) in [6.07, 6.45) is 0.803. The predicted octanol–water partition coefficient (Wildman–Crippen LogP) is 6.33. The van der Waals surface area contributed by atoms with Crippen LogP contribution in [0.4, 0.5) is 0 Å². The van der Waals surface area contributed by atoms with E-state index in [4.69, 9.17) is 9.47 Å². The summed E-state index contributed by atoms with van der Waals surface area (Å²) in [4.78, 5) is 32.2. The second-order valence-electron chi connectivity index (χ2n) is 11.0. The van der Waals surface area contributed by atoms with Crippen LogP contribution in [0.5, 0.6) is 11.5 Å². The number of hydrogen-bond acceptors (Lipinski definition) is 5. The molecule has 1 aromatic heterocycles. The third kappa shape index (κ3) is 6.21. The summed E-state index contributed by atoms with van der Waals surface area (Å²) in [5.74, 6) is 1.56. The number of amides is 2. The van der Waals surface area contributed by atoms with Gasteiger partial charge in [0.25, 0.3) is 5.91 Å². The van der Waals surface area contributed by atoms with Gasteiger partial charge < -0.3 is 19.3 Å². The van der Waals surface area contributed by atoms with Crippen molar-refractivity contribution >= 4 is 23.2 Å². The smallest absolute Gasteiger partial charge is 0.254 e. The molecule has 0 aliphatic carbocycles. The van der Waals surface area contributed by atoms with E-state index in [2.05, 4.69) is 37.4 Å². The Morgan fingerprint density at radius 3 is 2.47 bits per heavy atom. The molecule has 38 heavy (non-hydrogen) atoms. The maximum Gasteiger partial charge on any atom is 0.254 e. The topological polar surface area (TPSA) is 59.1 Å². The van der Waals surface area contributed by atoms with Gasteiger partial charge in [-0.05, 0) is 86.0 Å². The first-order chi connectivity index (χ1) is 18.1. The minimum atomic E-state index is -0.552. The van der Waals surface area contributed by atoms with Crippen molar-refractivity contribution in [3.8, 4) is 11.5 Å². The number of carbonyl (C=O) groups is 2. The van der Waals surface area contributed by atoms with E-state index in [9.17, 15) is 9.59 Å². The summed E-state index contributed by atoms with van der Waals surface area (Å²) >= 11 is 1.72. The molecule has 0 spiro atoms. The molecule has 3 aromatic rings. The van der Waals surface area contributed by atoms with Gasteiger partial charge in [0.15, 0.2) is 0 Å². The Hall–Kier alpha value is -3.32. The molecule has 6 nitrogen and oxygen atoms in total. The molecular formula is C31H38N2O4S. The standard InChI is InChI=1S/C31H38N2O4S/c1-21(2)22-10-12-24(13-11-22)37-20-27-26-15-17-38-28(26)14-16-32(27)29(34)19-33(31(3,4)5)30(35)23-8-7-9-25(18-23)36-6/h7-13,15,17-18,21,27H,14,16,19-20H2,1-6H3. The molecule has 0 bridgehead atoms. The fraction of sp³-hybridized carbons (Fsp3) is 0.419. The molecule has 0 N–H and O–H groups in total. The largest absolute Gasteiger partial charge is 0.497 e. The highest BCUT2D eigenvalue weighted by Crippen LogP contribution is 2.34. The van der Waals surface area contributed by atoms with Crippen LogP contribution in [0.25, 0.3) is 0 Å². The van der Waals surface area contributed by atoms with Gasteiger partial charge in [0.2, 0.25) is 5.91 Å². The quantitative estimate of drug-likeness (QED) is 0.339. The molecule has 1 aliphatic heterocycles. The zero-order valence-corrected chi connectivity index (χ0v) is 24.0. The van der Waals surface area contributed by atoms with Gasteiger partial charge in [0.05, 0.1) is 13.2 Å². The van der Waals surface area contributed by atoms with Crippen molar-refractivity contribution in [2.75, 3.05) is 26.8 Å². The average molecular weight is 535 g/mol. The van der Waals surface area contributed by atoms with Crippen LogP contribution in [0, 0.1) is 0 Å². The van der Waals surface area contributed by atoms with E-state index in [-0.39, 0.29) is 24.4 Å². The second-order valence-corrected chi connectivity index (χ2v) is 12.0. The van der Waals surface area contributed by atoms with E-state index >= 15 is 0 Å². The number of fused-ring (bicyclic) bond motifs is 1. The van der Waals surface area contributed by atoms with Gasteiger partial charge in [-0.3, -0.25) is 9.59 Å². The maximum absolute atomic E-state index is 13.8. The molecule has 1 atom stereocenters. The molecule has 1 unspecified atom stereocenters. The predicted molar refractivity (Wildman–Crippen MR) is 152 cm³/mol. The summed E-state index contributed by atoms with van der Waals surface area (Å²) in [6.45, 7) is 11.1. The van der Waals surface area contributed by atoms with Crippen LogP contribution in [0.1, 0.15) is 72.9 Å². The first kappa shape index (κ1) is 27.7. The SMILES string of the molecule is COc1cccc(C(=O)N(CC(=O)N2CCc3sccc3C2COc2ccc(C(C)C)cc2)C(C)(C)C)c1. The van der Waals surface area contributed by atoms with Crippen molar-refractivity contribution in [3.05, 3.63) is 81.5 Å². The van der Waals surface area contributed by atoms with E-state index in [0.717, 1.165) is 17.7 Å². The summed E-state index contributed by atoms with van der Waals surface area (Å²) in [6, 6.07) is 17.1. The normalized spacial score (nSPS) is 15.2. The van der Waals surface area contributed by atoms with E-state index < -0.39 is 5.54 Å². The van der Waals surface area contributed by atoms with Gasteiger partial charge in [0.1, 0.15) is 24.7 Å². The molecule has 0 saturated heterocycles.